The van der Waals surface area contributed by atoms with Crippen LogP contribution in [0.2, 0.25) is 0 Å². The van der Waals surface area contributed by atoms with Crippen LogP contribution >= 0.6 is 15.9 Å². The summed E-state index contributed by atoms with van der Waals surface area (Å²) in [7, 11) is 0. The number of hydrogen-bond acceptors (Lipinski definition) is 4. The van der Waals surface area contributed by atoms with Crippen molar-refractivity contribution in [3.05, 3.63) is 104 Å². The number of nitrogens with zero attached hydrogens (tertiary/aromatic N) is 4. The zero-order valence-electron chi connectivity index (χ0n) is 20.9. The Kier molecular flexibility index (Phi) is 8.06. The van der Waals surface area contributed by atoms with Gasteiger partial charge in [0.25, 0.3) is 5.91 Å². The standard InChI is InChI=1S/C28H32BrN5O2/c1-4-23(32(15-9-14-30)27(35)22-13-8-10-19(2)16-22)24-17-25-26(29)20(3)31-34(25)28(36)33(24)18-21-11-6-5-7-12-21/h5-8,10-13,16-17,23H,4,9,14-15,18,30H2,1-3H3. The maximum Gasteiger partial charge on any atom is 0.349 e. The number of benzene rings is 2. The van der Waals surface area contributed by atoms with Gasteiger partial charge in [0.15, 0.2) is 0 Å². The van der Waals surface area contributed by atoms with Gasteiger partial charge in [0, 0.05) is 17.8 Å². The minimum absolute atomic E-state index is 0.0682. The molecule has 0 radical (unpaired) electrons. The summed E-state index contributed by atoms with van der Waals surface area (Å²) < 4.78 is 3.96. The summed E-state index contributed by atoms with van der Waals surface area (Å²) in [4.78, 5) is 29.5. The molecule has 0 aliphatic rings. The molecule has 1 amide bonds. The van der Waals surface area contributed by atoms with Gasteiger partial charge in [0.1, 0.15) is 0 Å². The lowest BCUT2D eigenvalue weighted by Gasteiger charge is -2.33. The average Bonchev–Trinajstić information content (AvgIpc) is 3.17. The number of aromatic nitrogens is 3. The quantitative estimate of drug-likeness (QED) is 0.323. The molecule has 7 nitrogen and oxygen atoms in total. The third-order valence-corrected chi connectivity index (χ3v) is 7.43. The second kappa shape index (κ2) is 11.2. The Morgan fingerprint density at radius 1 is 1.11 bits per heavy atom. The first-order valence-corrected chi connectivity index (χ1v) is 13.0. The fraction of sp³-hybridized carbons (Fsp3) is 0.321. The first-order chi connectivity index (χ1) is 17.3. The maximum atomic E-state index is 13.8. The normalized spacial score (nSPS) is 12.1. The molecule has 8 heteroatoms. The molecule has 1 atom stereocenters. The van der Waals surface area contributed by atoms with E-state index in [9.17, 15) is 9.59 Å². The van der Waals surface area contributed by atoms with Crippen molar-refractivity contribution in [1.29, 1.82) is 0 Å². The molecule has 0 aliphatic heterocycles. The topological polar surface area (TPSA) is 85.6 Å². The van der Waals surface area contributed by atoms with E-state index in [2.05, 4.69) is 21.0 Å². The first-order valence-electron chi connectivity index (χ1n) is 12.3. The molecule has 0 aliphatic carbocycles. The minimum atomic E-state index is -0.326. The van der Waals surface area contributed by atoms with Crippen molar-refractivity contribution in [2.75, 3.05) is 13.1 Å². The van der Waals surface area contributed by atoms with Gasteiger partial charge >= 0.3 is 5.69 Å². The van der Waals surface area contributed by atoms with Crippen molar-refractivity contribution in [1.82, 2.24) is 19.1 Å². The summed E-state index contributed by atoms with van der Waals surface area (Å²) in [5, 5.41) is 4.47. The van der Waals surface area contributed by atoms with Crippen molar-refractivity contribution >= 4 is 27.4 Å². The lowest BCUT2D eigenvalue weighted by atomic mass is 10.0. The van der Waals surface area contributed by atoms with Crippen LogP contribution in [0.1, 0.15) is 58.7 Å². The Morgan fingerprint density at radius 2 is 1.86 bits per heavy atom. The summed E-state index contributed by atoms with van der Waals surface area (Å²) in [6.45, 7) is 7.22. The van der Waals surface area contributed by atoms with Crippen molar-refractivity contribution < 1.29 is 4.79 Å². The number of halogens is 1. The molecular formula is C28H32BrN5O2. The molecule has 4 rings (SSSR count). The van der Waals surface area contributed by atoms with Crippen LogP contribution in [-0.4, -0.2) is 38.1 Å². The molecule has 4 aromatic rings. The summed E-state index contributed by atoms with van der Waals surface area (Å²) in [5.74, 6) is -0.0682. The fourth-order valence-corrected chi connectivity index (χ4v) is 5.00. The second-order valence-corrected chi connectivity index (χ2v) is 9.85. The highest BCUT2D eigenvalue weighted by molar-refractivity contribution is 9.10. The smallest absolute Gasteiger partial charge is 0.330 e. The Balaban J connectivity index is 1.91. The van der Waals surface area contributed by atoms with Crippen molar-refractivity contribution in [2.24, 2.45) is 5.73 Å². The zero-order valence-corrected chi connectivity index (χ0v) is 22.5. The van der Waals surface area contributed by atoms with Crippen molar-refractivity contribution in [3.8, 4) is 0 Å². The Bertz CT molecular complexity index is 1430. The van der Waals surface area contributed by atoms with Crippen LogP contribution in [0.4, 0.5) is 0 Å². The van der Waals surface area contributed by atoms with Gasteiger partial charge in [0.2, 0.25) is 0 Å². The van der Waals surface area contributed by atoms with E-state index >= 15 is 0 Å². The summed E-state index contributed by atoms with van der Waals surface area (Å²) in [5.41, 5.74) is 10.5. The van der Waals surface area contributed by atoms with Gasteiger partial charge in [-0.1, -0.05) is 55.0 Å². The first kappa shape index (κ1) is 25.9. The molecular weight excluding hydrogens is 518 g/mol. The van der Waals surface area contributed by atoms with Crippen LogP contribution in [0.25, 0.3) is 5.52 Å². The zero-order chi connectivity index (χ0) is 25.8. The largest absolute Gasteiger partial charge is 0.349 e. The predicted octanol–water partition coefficient (Wildman–Crippen LogP) is 4.87. The highest BCUT2D eigenvalue weighted by atomic mass is 79.9. The molecule has 1 unspecified atom stereocenters. The Hall–Kier alpha value is -3.23. The van der Waals surface area contributed by atoms with Crippen molar-refractivity contribution in [3.63, 3.8) is 0 Å². The molecule has 0 saturated heterocycles. The molecule has 2 heterocycles. The highest BCUT2D eigenvalue weighted by Crippen LogP contribution is 2.30. The number of carbonyl (C=O) groups excluding carboxylic acids is 1. The van der Waals surface area contributed by atoms with Gasteiger partial charge < -0.3 is 10.6 Å². The third kappa shape index (κ3) is 5.15. The highest BCUT2D eigenvalue weighted by Gasteiger charge is 2.29. The lowest BCUT2D eigenvalue weighted by Crippen LogP contribution is -2.40. The van der Waals surface area contributed by atoms with Gasteiger partial charge in [-0.15, -0.1) is 0 Å². The monoisotopic (exact) mass is 549 g/mol. The Labute approximate surface area is 219 Å². The molecule has 36 heavy (non-hydrogen) atoms. The maximum absolute atomic E-state index is 13.8. The second-order valence-electron chi connectivity index (χ2n) is 9.05. The molecule has 0 bridgehead atoms. The number of nitrogens with two attached hydrogens (primary N) is 1. The number of rotatable bonds is 9. The number of carbonyl (C=O) groups is 1. The molecule has 0 saturated carbocycles. The number of aryl methyl sites for hydroxylation is 2. The molecule has 2 aromatic carbocycles. The van der Waals surface area contributed by atoms with E-state index in [0.29, 0.717) is 43.6 Å². The van der Waals surface area contributed by atoms with E-state index in [1.807, 2.05) is 86.3 Å². The predicted molar refractivity (Wildman–Crippen MR) is 146 cm³/mol. The van der Waals surface area contributed by atoms with Crippen molar-refractivity contribution in [2.45, 2.75) is 46.2 Å². The number of amides is 1. The van der Waals surface area contributed by atoms with Crippen LogP contribution in [0.5, 0.6) is 0 Å². The van der Waals surface area contributed by atoms with Crippen LogP contribution in [0, 0.1) is 13.8 Å². The van der Waals surface area contributed by atoms with Crippen LogP contribution in [-0.2, 0) is 6.54 Å². The van der Waals surface area contributed by atoms with E-state index in [1.54, 1.807) is 4.57 Å². The number of hydrogen-bond donors (Lipinski definition) is 1. The third-order valence-electron chi connectivity index (χ3n) is 6.45. The van der Waals surface area contributed by atoms with E-state index in [0.717, 1.165) is 27.0 Å². The minimum Gasteiger partial charge on any atom is -0.330 e. The average molecular weight is 551 g/mol. The molecule has 0 fully saturated rings. The summed E-state index contributed by atoms with van der Waals surface area (Å²) >= 11 is 3.61. The summed E-state index contributed by atoms with van der Waals surface area (Å²) in [6, 6.07) is 19.1. The van der Waals surface area contributed by atoms with E-state index in [-0.39, 0.29) is 17.6 Å². The van der Waals surface area contributed by atoms with E-state index in [1.165, 1.54) is 4.52 Å². The van der Waals surface area contributed by atoms with Crippen LogP contribution in [0.3, 0.4) is 0 Å². The Morgan fingerprint density at radius 3 is 2.53 bits per heavy atom. The molecule has 188 valence electrons. The van der Waals surface area contributed by atoms with Gasteiger partial charge in [-0.2, -0.15) is 9.61 Å². The SMILES string of the molecule is CCC(c1cc2c(Br)c(C)nn2c(=O)n1Cc1ccccc1)N(CCCN)C(=O)c1cccc(C)c1. The van der Waals surface area contributed by atoms with Gasteiger partial charge in [-0.05, 0) is 72.9 Å². The summed E-state index contributed by atoms with van der Waals surface area (Å²) in [6.07, 6.45) is 1.30. The fourth-order valence-electron chi connectivity index (χ4n) is 4.63. The van der Waals surface area contributed by atoms with Crippen LogP contribution in [0.15, 0.2) is 69.9 Å². The molecule has 2 aromatic heterocycles. The molecule has 0 spiro atoms. The molecule has 2 N–H and O–H groups in total. The number of fused-ring (bicyclic) bond motifs is 1. The van der Waals surface area contributed by atoms with E-state index in [4.69, 9.17) is 5.73 Å². The van der Waals surface area contributed by atoms with Gasteiger partial charge in [-0.3, -0.25) is 9.36 Å². The van der Waals surface area contributed by atoms with Crippen LogP contribution < -0.4 is 11.4 Å². The van der Waals surface area contributed by atoms with E-state index < -0.39 is 0 Å². The lowest BCUT2D eigenvalue weighted by molar-refractivity contribution is 0.0660. The van der Waals surface area contributed by atoms with Gasteiger partial charge in [0.05, 0.1) is 28.3 Å². The van der Waals surface area contributed by atoms with Gasteiger partial charge in [-0.25, -0.2) is 4.79 Å².